The van der Waals surface area contributed by atoms with Gasteiger partial charge in [0.05, 0.1) is 12.2 Å². The Labute approximate surface area is 81.6 Å². The van der Waals surface area contributed by atoms with Crippen LogP contribution in [0.3, 0.4) is 0 Å². The first-order chi connectivity index (χ1) is 6.11. The van der Waals surface area contributed by atoms with Crippen LogP contribution in [0.4, 0.5) is 0 Å². The molecule has 2 atom stereocenters. The molecule has 0 saturated carbocycles. The molecular formula is C11H22O2. The average molecular weight is 186 g/mol. The summed E-state index contributed by atoms with van der Waals surface area (Å²) >= 11 is 0. The van der Waals surface area contributed by atoms with Crippen molar-refractivity contribution < 1.29 is 9.84 Å². The number of rotatable bonds is 7. The van der Waals surface area contributed by atoms with Crippen LogP contribution in [0.25, 0.3) is 0 Å². The number of aliphatic hydroxyl groups is 1. The van der Waals surface area contributed by atoms with Gasteiger partial charge in [-0.1, -0.05) is 12.5 Å². The minimum absolute atomic E-state index is 0.00986. The van der Waals surface area contributed by atoms with E-state index in [4.69, 9.17) is 4.74 Å². The Morgan fingerprint density at radius 1 is 1.46 bits per heavy atom. The minimum Gasteiger partial charge on any atom is -0.390 e. The average Bonchev–Trinajstić information content (AvgIpc) is 2.10. The van der Waals surface area contributed by atoms with Crippen LogP contribution < -0.4 is 0 Å². The molecule has 2 nitrogen and oxygen atoms in total. The predicted molar refractivity (Wildman–Crippen MR) is 55.8 cm³/mol. The lowest BCUT2D eigenvalue weighted by molar-refractivity contribution is -0.0369. The Balaban J connectivity index is 3.76. The Bertz CT molecular complexity index is 143. The van der Waals surface area contributed by atoms with Gasteiger partial charge in [-0.25, -0.2) is 0 Å². The number of ether oxygens (including phenoxy) is 1. The number of allylic oxidation sites excluding steroid dienone is 1. The molecule has 0 aliphatic carbocycles. The molecule has 1 N–H and O–H groups in total. The van der Waals surface area contributed by atoms with Crippen molar-refractivity contribution in [3.63, 3.8) is 0 Å². The van der Waals surface area contributed by atoms with E-state index in [1.807, 2.05) is 20.8 Å². The van der Waals surface area contributed by atoms with Gasteiger partial charge >= 0.3 is 0 Å². The summed E-state index contributed by atoms with van der Waals surface area (Å²) in [6.07, 6.45) is 2.15. The topological polar surface area (TPSA) is 29.5 Å². The van der Waals surface area contributed by atoms with Crippen LogP contribution in [-0.4, -0.2) is 23.9 Å². The Kier molecular flexibility index (Phi) is 6.92. The normalized spacial score (nSPS) is 15.4. The highest BCUT2D eigenvalue weighted by molar-refractivity contribution is 4.89. The highest BCUT2D eigenvalue weighted by atomic mass is 16.5. The van der Waals surface area contributed by atoms with Gasteiger partial charge in [0, 0.05) is 6.61 Å². The second kappa shape index (κ2) is 7.10. The first-order valence-electron chi connectivity index (χ1n) is 5.05. The van der Waals surface area contributed by atoms with Crippen molar-refractivity contribution in [2.75, 3.05) is 6.61 Å². The molecule has 0 amide bonds. The van der Waals surface area contributed by atoms with E-state index in [1.54, 1.807) is 0 Å². The van der Waals surface area contributed by atoms with Crippen LogP contribution in [0.2, 0.25) is 0 Å². The molecule has 0 aliphatic heterocycles. The summed E-state index contributed by atoms with van der Waals surface area (Å²) in [7, 11) is 0. The van der Waals surface area contributed by atoms with E-state index in [-0.39, 0.29) is 12.2 Å². The first kappa shape index (κ1) is 12.7. The number of hydrogen-bond acceptors (Lipinski definition) is 2. The van der Waals surface area contributed by atoms with E-state index >= 15 is 0 Å². The third-order valence-electron chi connectivity index (χ3n) is 2.08. The molecule has 0 fully saturated rings. The highest BCUT2D eigenvalue weighted by Crippen LogP contribution is 2.12. The van der Waals surface area contributed by atoms with Crippen molar-refractivity contribution in [2.24, 2.45) is 0 Å². The Morgan fingerprint density at radius 3 is 2.46 bits per heavy atom. The zero-order chi connectivity index (χ0) is 10.3. The summed E-state index contributed by atoms with van der Waals surface area (Å²) in [5.74, 6) is 0. The zero-order valence-corrected chi connectivity index (χ0v) is 9.05. The molecule has 0 aliphatic rings. The van der Waals surface area contributed by atoms with E-state index in [2.05, 4.69) is 6.58 Å². The van der Waals surface area contributed by atoms with Gasteiger partial charge in [0.1, 0.15) is 0 Å². The summed E-state index contributed by atoms with van der Waals surface area (Å²) in [4.78, 5) is 0. The van der Waals surface area contributed by atoms with E-state index in [1.165, 1.54) is 0 Å². The lowest BCUT2D eigenvalue weighted by atomic mass is 10.0. The second-order valence-electron chi connectivity index (χ2n) is 3.47. The van der Waals surface area contributed by atoms with Gasteiger partial charge in [-0.15, -0.1) is 6.58 Å². The molecule has 2 unspecified atom stereocenters. The van der Waals surface area contributed by atoms with Gasteiger partial charge in [-0.05, 0) is 33.1 Å². The minimum atomic E-state index is -0.346. The van der Waals surface area contributed by atoms with Gasteiger partial charge in [0.15, 0.2) is 0 Å². The van der Waals surface area contributed by atoms with Crippen LogP contribution in [0.15, 0.2) is 12.2 Å². The van der Waals surface area contributed by atoms with Crippen LogP contribution in [-0.2, 0) is 4.74 Å². The zero-order valence-electron chi connectivity index (χ0n) is 9.05. The predicted octanol–water partition coefficient (Wildman–Crippen LogP) is 2.52. The molecule has 2 heteroatoms. The summed E-state index contributed by atoms with van der Waals surface area (Å²) in [6, 6.07) is 0. The van der Waals surface area contributed by atoms with Crippen molar-refractivity contribution in [1.82, 2.24) is 0 Å². The fourth-order valence-electron chi connectivity index (χ4n) is 1.30. The summed E-state index contributed by atoms with van der Waals surface area (Å²) in [6.45, 7) is 10.4. The maximum absolute atomic E-state index is 9.72. The Morgan fingerprint density at radius 2 is 2.08 bits per heavy atom. The Hall–Kier alpha value is -0.340. The number of hydrogen-bond donors (Lipinski definition) is 1. The molecule has 0 saturated heterocycles. The van der Waals surface area contributed by atoms with Gasteiger partial charge in [-0.3, -0.25) is 0 Å². The van der Waals surface area contributed by atoms with E-state index in [9.17, 15) is 5.11 Å². The fraction of sp³-hybridized carbons (Fsp3) is 0.818. The van der Waals surface area contributed by atoms with Gasteiger partial charge < -0.3 is 9.84 Å². The van der Waals surface area contributed by atoms with Gasteiger partial charge in [0.25, 0.3) is 0 Å². The molecular weight excluding hydrogens is 164 g/mol. The first-order valence-corrected chi connectivity index (χ1v) is 5.05. The molecule has 0 spiro atoms. The lowest BCUT2D eigenvalue weighted by Crippen LogP contribution is -2.28. The van der Waals surface area contributed by atoms with Crippen molar-refractivity contribution in [1.29, 1.82) is 0 Å². The van der Waals surface area contributed by atoms with Crippen LogP contribution in [0.5, 0.6) is 0 Å². The molecule has 0 aromatic heterocycles. The summed E-state index contributed by atoms with van der Waals surface area (Å²) < 4.78 is 5.41. The maximum atomic E-state index is 9.72. The third-order valence-corrected chi connectivity index (χ3v) is 2.08. The van der Waals surface area contributed by atoms with E-state index in [0.717, 1.165) is 24.8 Å². The fourth-order valence-corrected chi connectivity index (χ4v) is 1.30. The SMILES string of the molecule is C=C(C)CCC(O)C(CC)OCC. The van der Waals surface area contributed by atoms with Crippen molar-refractivity contribution in [3.8, 4) is 0 Å². The smallest absolute Gasteiger partial charge is 0.0831 e. The molecule has 0 radical (unpaired) electrons. The lowest BCUT2D eigenvalue weighted by Gasteiger charge is -2.21. The molecule has 78 valence electrons. The highest BCUT2D eigenvalue weighted by Gasteiger charge is 2.16. The van der Waals surface area contributed by atoms with E-state index < -0.39 is 0 Å². The monoisotopic (exact) mass is 186 g/mol. The van der Waals surface area contributed by atoms with Crippen LogP contribution in [0, 0.1) is 0 Å². The molecule has 0 aromatic rings. The second-order valence-corrected chi connectivity index (χ2v) is 3.47. The number of aliphatic hydroxyl groups excluding tert-OH is 1. The summed E-state index contributed by atoms with van der Waals surface area (Å²) in [5, 5.41) is 9.72. The van der Waals surface area contributed by atoms with Crippen LogP contribution in [0.1, 0.15) is 40.0 Å². The maximum Gasteiger partial charge on any atom is 0.0831 e. The largest absolute Gasteiger partial charge is 0.390 e. The molecule has 0 bridgehead atoms. The molecule has 0 heterocycles. The molecule has 0 aromatic carbocycles. The van der Waals surface area contributed by atoms with Crippen LogP contribution >= 0.6 is 0 Å². The third kappa shape index (κ3) is 5.83. The van der Waals surface area contributed by atoms with Crippen molar-refractivity contribution in [3.05, 3.63) is 12.2 Å². The quantitative estimate of drug-likeness (QED) is 0.619. The van der Waals surface area contributed by atoms with E-state index in [0.29, 0.717) is 6.61 Å². The van der Waals surface area contributed by atoms with Gasteiger partial charge in [0.2, 0.25) is 0 Å². The molecule has 13 heavy (non-hydrogen) atoms. The summed E-state index contributed by atoms with van der Waals surface area (Å²) in [5.41, 5.74) is 1.12. The van der Waals surface area contributed by atoms with Gasteiger partial charge in [-0.2, -0.15) is 0 Å². The molecule has 0 rings (SSSR count). The standard InChI is InChI=1S/C11H22O2/c1-5-11(13-6-2)10(12)8-7-9(3)4/h10-12H,3,5-8H2,1-2,4H3. The van der Waals surface area contributed by atoms with Crippen molar-refractivity contribution in [2.45, 2.75) is 52.2 Å². The van der Waals surface area contributed by atoms with Crippen molar-refractivity contribution >= 4 is 0 Å².